The third kappa shape index (κ3) is 5.64. The predicted molar refractivity (Wildman–Crippen MR) is 84.6 cm³/mol. The van der Waals surface area contributed by atoms with Crippen molar-refractivity contribution in [3.05, 3.63) is 23.5 Å². The van der Waals surface area contributed by atoms with E-state index in [1.165, 1.54) is 38.3 Å². The first kappa shape index (κ1) is 16.7. The summed E-state index contributed by atoms with van der Waals surface area (Å²) in [7, 11) is 0. The zero-order valence-electron chi connectivity index (χ0n) is 12.5. The molecule has 1 aliphatic carbocycles. The lowest BCUT2D eigenvalue weighted by Crippen LogP contribution is -2.21. The molecule has 2 rings (SSSR count). The Morgan fingerprint density at radius 2 is 2.09 bits per heavy atom. The molecule has 22 heavy (non-hydrogen) atoms. The second-order valence-electron chi connectivity index (χ2n) is 5.59. The number of nitrogens with zero attached hydrogens (tertiary/aromatic N) is 1. The van der Waals surface area contributed by atoms with Gasteiger partial charge in [-0.25, -0.2) is 4.98 Å². The minimum Gasteiger partial charge on any atom is -0.456 e. The van der Waals surface area contributed by atoms with Crippen LogP contribution in [0.15, 0.2) is 18.3 Å². The summed E-state index contributed by atoms with van der Waals surface area (Å²) in [6.07, 6.45) is 8.99. The maximum Gasteiger partial charge on any atom is 0.306 e. The third-order valence-electron chi connectivity index (χ3n) is 3.88. The molecule has 0 unspecified atom stereocenters. The van der Waals surface area contributed by atoms with E-state index >= 15 is 0 Å². The highest BCUT2D eigenvalue weighted by atomic mass is 35.5. The van der Waals surface area contributed by atoms with Crippen LogP contribution in [0.1, 0.15) is 44.9 Å². The van der Waals surface area contributed by atoms with E-state index in [-0.39, 0.29) is 17.7 Å². The van der Waals surface area contributed by atoms with Crippen LogP contribution in [0.5, 0.6) is 0 Å². The van der Waals surface area contributed by atoms with Crippen LogP contribution < -0.4 is 5.32 Å². The van der Waals surface area contributed by atoms with E-state index in [1.54, 1.807) is 12.1 Å². The van der Waals surface area contributed by atoms with E-state index in [2.05, 4.69) is 10.3 Å². The second kappa shape index (κ2) is 8.73. The molecule has 0 bridgehead atoms. The summed E-state index contributed by atoms with van der Waals surface area (Å²) in [5.74, 6) is -0.108. The van der Waals surface area contributed by atoms with E-state index in [4.69, 9.17) is 16.3 Å². The van der Waals surface area contributed by atoms with E-state index in [9.17, 15) is 9.59 Å². The summed E-state index contributed by atoms with van der Waals surface area (Å²) >= 11 is 5.83. The first-order chi connectivity index (χ1) is 10.6. The van der Waals surface area contributed by atoms with E-state index in [0.29, 0.717) is 18.0 Å². The van der Waals surface area contributed by atoms with Crippen LogP contribution in [0.3, 0.4) is 0 Å². The smallest absolute Gasteiger partial charge is 0.306 e. The third-order valence-corrected chi connectivity index (χ3v) is 4.18. The van der Waals surface area contributed by atoms with Gasteiger partial charge in [-0.1, -0.05) is 43.7 Å². The Labute approximate surface area is 135 Å². The van der Waals surface area contributed by atoms with E-state index in [0.717, 1.165) is 6.42 Å². The molecule has 1 aliphatic rings. The molecule has 1 aromatic heterocycles. The Balaban J connectivity index is 1.65. The van der Waals surface area contributed by atoms with Gasteiger partial charge < -0.3 is 10.1 Å². The van der Waals surface area contributed by atoms with Crippen LogP contribution in [-0.4, -0.2) is 23.5 Å². The van der Waals surface area contributed by atoms with Gasteiger partial charge in [0.05, 0.1) is 5.69 Å². The Morgan fingerprint density at radius 3 is 2.82 bits per heavy atom. The minimum absolute atomic E-state index is 0.208. The lowest BCUT2D eigenvalue weighted by Gasteiger charge is -2.20. The number of pyridine rings is 1. The number of carbonyl (C=O) groups is 2. The minimum atomic E-state index is -0.416. The number of nitrogens with one attached hydrogen (secondary N) is 1. The number of hydrogen-bond acceptors (Lipinski definition) is 4. The number of ether oxygens (including phenoxy) is 1. The SMILES string of the molecule is O=C(COC(=O)CCC1CCCCC1)Nc1cccnc1Cl. The summed E-state index contributed by atoms with van der Waals surface area (Å²) < 4.78 is 4.99. The highest BCUT2D eigenvalue weighted by molar-refractivity contribution is 6.32. The van der Waals surface area contributed by atoms with Gasteiger partial charge >= 0.3 is 5.97 Å². The monoisotopic (exact) mass is 324 g/mol. The number of halogens is 1. The fraction of sp³-hybridized carbons (Fsp3) is 0.562. The number of amides is 1. The average molecular weight is 325 g/mol. The molecule has 1 aromatic rings. The molecular formula is C16H21ClN2O3. The molecule has 5 nitrogen and oxygen atoms in total. The van der Waals surface area contributed by atoms with Crippen LogP contribution in [0.2, 0.25) is 5.15 Å². The van der Waals surface area contributed by atoms with Crippen LogP contribution >= 0.6 is 11.6 Å². The summed E-state index contributed by atoms with van der Waals surface area (Å²) in [5.41, 5.74) is 0.410. The number of rotatable bonds is 6. The first-order valence-electron chi connectivity index (χ1n) is 7.71. The molecular weight excluding hydrogens is 304 g/mol. The molecule has 1 heterocycles. The van der Waals surface area contributed by atoms with Crippen molar-refractivity contribution in [1.82, 2.24) is 4.98 Å². The summed E-state index contributed by atoms with van der Waals surface area (Å²) in [4.78, 5) is 27.2. The molecule has 0 atom stereocenters. The lowest BCUT2D eigenvalue weighted by molar-refractivity contribution is -0.147. The Hall–Kier alpha value is -1.62. The van der Waals surface area contributed by atoms with Crippen LogP contribution in [0.4, 0.5) is 5.69 Å². The van der Waals surface area contributed by atoms with Crippen molar-refractivity contribution in [2.24, 2.45) is 5.92 Å². The van der Waals surface area contributed by atoms with Crippen molar-refractivity contribution >= 4 is 29.2 Å². The van der Waals surface area contributed by atoms with Gasteiger partial charge in [-0.3, -0.25) is 9.59 Å². The molecule has 1 N–H and O–H groups in total. The van der Waals surface area contributed by atoms with Gasteiger partial charge in [-0.2, -0.15) is 0 Å². The molecule has 0 aromatic carbocycles. The molecule has 120 valence electrons. The zero-order chi connectivity index (χ0) is 15.8. The van der Waals surface area contributed by atoms with Gasteiger partial charge in [0, 0.05) is 12.6 Å². The van der Waals surface area contributed by atoms with Crippen molar-refractivity contribution in [2.75, 3.05) is 11.9 Å². The van der Waals surface area contributed by atoms with Crippen LogP contribution in [0, 0.1) is 5.92 Å². The maximum atomic E-state index is 11.7. The number of esters is 1. The highest BCUT2D eigenvalue weighted by Crippen LogP contribution is 2.27. The summed E-state index contributed by atoms with van der Waals surface area (Å²) in [6, 6.07) is 3.30. The highest BCUT2D eigenvalue weighted by Gasteiger charge is 2.16. The number of hydrogen-bond donors (Lipinski definition) is 1. The maximum absolute atomic E-state index is 11.7. The zero-order valence-corrected chi connectivity index (χ0v) is 13.3. The van der Waals surface area contributed by atoms with Gasteiger partial charge in [0.1, 0.15) is 0 Å². The molecule has 0 spiro atoms. The number of aromatic nitrogens is 1. The lowest BCUT2D eigenvalue weighted by atomic mass is 9.86. The molecule has 0 aliphatic heterocycles. The van der Waals surface area contributed by atoms with Crippen LogP contribution in [-0.2, 0) is 14.3 Å². The Bertz CT molecular complexity index is 516. The topological polar surface area (TPSA) is 68.3 Å². The Morgan fingerprint density at radius 1 is 1.32 bits per heavy atom. The van der Waals surface area contributed by atoms with Crippen molar-refractivity contribution in [3.63, 3.8) is 0 Å². The van der Waals surface area contributed by atoms with Crippen molar-refractivity contribution < 1.29 is 14.3 Å². The normalized spacial score (nSPS) is 15.3. The van der Waals surface area contributed by atoms with Gasteiger partial charge in [0.25, 0.3) is 5.91 Å². The number of carbonyl (C=O) groups excluding carboxylic acids is 2. The van der Waals surface area contributed by atoms with Crippen molar-refractivity contribution in [3.8, 4) is 0 Å². The quantitative estimate of drug-likeness (QED) is 0.641. The van der Waals surface area contributed by atoms with Gasteiger partial charge in [-0.15, -0.1) is 0 Å². The molecule has 6 heteroatoms. The predicted octanol–water partition coefficient (Wildman–Crippen LogP) is 3.58. The van der Waals surface area contributed by atoms with Gasteiger partial charge in [0.15, 0.2) is 11.8 Å². The molecule has 0 radical (unpaired) electrons. The molecule has 0 saturated heterocycles. The van der Waals surface area contributed by atoms with Gasteiger partial charge in [0.2, 0.25) is 0 Å². The summed E-state index contributed by atoms with van der Waals surface area (Å²) in [5, 5.41) is 2.77. The average Bonchev–Trinajstić information content (AvgIpc) is 2.54. The van der Waals surface area contributed by atoms with Crippen molar-refractivity contribution in [2.45, 2.75) is 44.9 Å². The Kier molecular flexibility index (Phi) is 6.65. The second-order valence-corrected chi connectivity index (χ2v) is 5.95. The van der Waals surface area contributed by atoms with Crippen LogP contribution in [0.25, 0.3) is 0 Å². The number of anilines is 1. The molecule has 1 amide bonds. The largest absolute Gasteiger partial charge is 0.456 e. The van der Waals surface area contributed by atoms with Gasteiger partial charge in [-0.05, 0) is 24.5 Å². The molecule has 1 fully saturated rings. The van der Waals surface area contributed by atoms with E-state index < -0.39 is 5.91 Å². The van der Waals surface area contributed by atoms with Crippen molar-refractivity contribution in [1.29, 1.82) is 0 Å². The molecule has 1 saturated carbocycles. The fourth-order valence-corrected chi connectivity index (χ4v) is 2.85. The summed E-state index contributed by atoms with van der Waals surface area (Å²) in [6.45, 7) is -0.297. The van der Waals surface area contributed by atoms with E-state index in [1.807, 2.05) is 0 Å². The standard InChI is InChI=1S/C16H21ClN2O3/c17-16-13(7-4-10-18-16)19-14(20)11-22-15(21)9-8-12-5-2-1-3-6-12/h4,7,10,12H,1-3,5-6,8-9,11H2,(H,19,20). The fourth-order valence-electron chi connectivity index (χ4n) is 2.68. The first-order valence-corrected chi connectivity index (χ1v) is 8.09.